The van der Waals surface area contributed by atoms with Gasteiger partial charge in [0.2, 0.25) is 0 Å². The van der Waals surface area contributed by atoms with E-state index in [1.807, 2.05) is 30.3 Å². The lowest BCUT2D eigenvalue weighted by Gasteiger charge is -2.10. The van der Waals surface area contributed by atoms with Gasteiger partial charge in [-0.25, -0.2) is 0 Å². The summed E-state index contributed by atoms with van der Waals surface area (Å²) in [6.07, 6.45) is 1.09. The van der Waals surface area contributed by atoms with Gasteiger partial charge in [0.15, 0.2) is 0 Å². The van der Waals surface area contributed by atoms with Crippen molar-refractivity contribution in [1.82, 2.24) is 4.98 Å². The van der Waals surface area contributed by atoms with Gasteiger partial charge >= 0.3 is 12.1 Å². The van der Waals surface area contributed by atoms with E-state index in [4.69, 9.17) is 9.47 Å². The van der Waals surface area contributed by atoms with Crippen LogP contribution in [-0.2, 0) is 22.1 Å². The Morgan fingerprint density at radius 3 is 2.56 bits per heavy atom. The van der Waals surface area contributed by atoms with Gasteiger partial charge in [0.1, 0.15) is 5.75 Å². The molecular formula is C26H28F3NO3S. The number of ether oxygens (including phenoxy) is 2. The highest BCUT2D eigenvalue weighted by atomic mass is 32.2. The van der Waals surface area contributed by atoms with Gasteiger partial charge in [-0.3, -0.25) is 9.78 Å². The van der Waals surface area contributed by atoms with Gasteiger partial charge in [-0.1, -0.05) is 18.2 Å². The van der Waals surface area contributed by atoms with Gasteiger partial charge in [-0.05, 0) is 74.3 Å². The van der Waals surface area contributed by atoms with Crippen LogP contribution < -0.4 is 4.74 Å². The first-order valence-corrected chi connectivity index (χ1v) is 12.3. The van der Waals surface area contributed by atoms with E-state index in [1.54, 1.807) is 24.9 Å². The molecule has 0 N–H and O–H groups in total. The molecule has 0 aliphatic carbocycles. The first kappa shape index (κ1) is 25.9. The number of alkyl halides is 3. The van der Waals surface area contributed by atoms with Crippen LogP contribution in [0.1, 0.15) is 43.7 Å². The first-order valence-electron chi connectivity index (χ1n) is 11.3. The van der Waals surface area contributed by atoms with Gasteiger partial charge < -0.3 is 9.47 Å². The van der Waals surface area contributed by atoms with Gasteiger partial charge in [0.05, 0.1) is 24.3 Å². The molecule has 0 radical (unpaired) electrons. The Labute approximate surface area is 201 Å². The highest BCUT2D eigenvalue weighted by molar-refractivity contribution is 7.99. The molecule has 4 nitrogen and oxygen atoms in total. The lowest BCUT2D eigenvalue weighted by molar-refractivity contribution is -0.143. The minimum absolute atomic E-state index is 0.186. The number of thioether (sulfide) groups is 1. The van der Waals surface area contributed by atoms with Crippen LogP contribution in [-0.4, -0.2) is 29.9 Å². The fourth-order valence-corrected chi connectivity index (χ4v) is 4.46. The van der Waals surface area contributed by atoms with Crippen LogP contribution in [0.25, 0.3) is 10.9 Å². The molecule has 0 saturated carbocycles. The summed E-state index contributed by atoms with van der Waals surface area (Å²) in [7, 11) is 0. The fourth-order valence-electron chi connectivity index (χ4n) is 3.41. The molecule has 0 amide bonds. The van der Waals surface area contributed by atoms with E-state index in [-0.39, 0.29) is 5.97 Å². The van der Waals surface area contributed by atoms with E-state index in [0.717, 1.165) is 58.7 Å². The van der Waals surface area contributed by atoms with Crippen molar-refractivity contribution in [3.8, 4) is 5.75 Å². The Bertz CT molecular complexity index is 1070. The molecule has 0 atom stereocenters. The summed E-state index contributed by atoms with van der Waals surface area (Å²) in [6.45, 7) is 2.81. The van der Waals surface area contributed by atoms with E-state index in [2.05, 4.69) is 4.98 Å². The molecule has 3 aromatic rings. The van der Waals surface area contributed by atoms with Crippen molar-refractivity contribution in [2.75, 3.05) is 19.0 Å². The topological polar surface area (TPSA) is 48.4 Å². The number of carbonyl (C=O) groups is 1. The normalized spacial score (nSPS) is 11.5. The van der Waals surface area contributed by atoms with Gasteiger partial charge in [-0.15, -0.1) is 11.8 Å². The van der Waals surface area contributed by atoms with Crippen LogP contribution >= 0.6 is 11.8 Å². The van der Waals surface area contributed by atoms with Crippen molar-refractivity contribution in [1.29, 1.82) is 0 Å². The molecule has 8 heteroatoms. The Kier molecular flexibility index (Phi) is 9.62. The second kappa shape index (κ2) is 12.6. The van der Waals surface area contributed by atoms with Crippen LogP contribution in [0, 0.1) is 0 Å². The Morgan fingerprint density at radius 2 is 1.82 bits per heavy atom. The molecule has 34 heavy (non-hydrogen) atoms. The Morgan fingerprint density at radius 1 is 1.03 bits per heavy atom. The molecule has 0 fully saturated rings. The predicted molar refractivity (Wildman–Crippen MR) is 128 cm³/mol. The molecule has 0 bridgehead atoms. The van der Waals surface area contributed by atoms with Crippen LogP contribution in [0.5, 0.6) is 5.75 Å². The molecule has 0 spiro atoms. The highest BCUT2D eigenvalue weighted by Crippen LogP contribution is 2.34. The van der Waals surface area contributed by atoms with Crippen molar-refractivity contribution in [2.24, 2.45) is 0 Å². The second-order valence-corrected chi connectivity index (χ2v) is 8.88. The Hall–Kier alpha value is -2.74. The van der Waals surface area contributed by atoms with Crippen LogP contribution in [0.4, 0.5) is 13.2 Å². The number of esters is 1. The maximum atomic E-state index is 12.9. The van der Waals surface area contributed by atoms with E-state index >= 15 is 0 Å². The number of hydrogen-bond donors (Lipinski definition) is 0. The number of carbonyl (C=O) groups excluding carboxylic acids is 1. The van der Waals surface area contributed by atoms with Gasteiger partial charge in [0, 0.05) is 22.9 Å². The minimum Gasteiger partial charge on any atom is -0.494 e. The van der Waals surface area contributed by atoms with Crippen molar-refractivity contribution in [3.63, 3.8) is 0 Å². The number of halogens is 3. The molecule has 0 saturated heterocycles. The fraction of sp³-hybridized carbons (Fsp3) is 0.385. The number of unbranched alkanes of at least 4 members (excludes halogenated alkanes) is 2. The highest BCUT2D eigenvalue weighted by Gasteiger charge is 2.30. The summed E-state index contributed by atoms with van der Waals surface area (Å²) in [5.74, 6) is 1.49. The molecule has 1 heterocycles. The molecule has 2 aromatic carbocycles. The monoisotopic (exact) mass is 491 g/mol. The number of benzene rings is 2. The summed E-state index contributed by atoms with van der Waals surface area (Å²) in [5, 5.41) is 0.745. The maximum Gasteiger partial charge on any atom is 0.416 e. The number of hydrogen-bond acceptors (Lipinski definition) is 5. The number of fused-ring (bicyclic) bond motifs is 1. The summed E-state index contributed by atoms with van der Waals surface area (Å²) >= 11 is 1.63. The third-order valence-electron chi connectivity index (χ3n) is 5.19. The molecule has 182 valence electrons. The van der Waals surface area contributed by atoms with Crippen molar-refractivity contribution in [3.05, 3.63) is 65.9 Å². The number of aromatic nitrogens is 1. The van der Waals surface area contributed by atoms with Crippen molar-refractivity contribution in [2.45, 2.75) is 50.1 Å². The van der Waals surface area contributed by atoms with E-state index in [0.29, 0.717) is 31.6 Å². The Balaban J connectivity index is 1.35. The zero-order chi connectivity index (χ0) is 24.4. The van der Waals surface area contributed by atoms with Gasteiger partial charge in [-0.2, -0.15) is 13.2 Å². The van der Waals surface area contributed by atoms with Crippen LogP contribution in [0.2, 0.25) is 0 Å². The molecule has 0 aliphatic rings. The first-order chi connectivity index (χ1) is 16.4. The predicted octanol–water partition coefficient (Wildman–Crippen LogP) is 7.09. The second-order valence-electron chi connectivity index (χ2n) is 7.75. The van der Waals surface area contributed by atoms with Crippen molar-refractivity contribution < 1.29 is 27.4 Å². The molecule has 0 unspecified atom stereocenters. The summed E-state index contributed by atoms with van der Waals surface area (Å²) in [4.78, 5) is 16.5. The molecule has 0 aliphatic heterocycles. The molecular weight excluding hydrogens is 463 g/mol. The van der Waals surface area contributed by atoms with Crippen LogP contribution in [0.15, 0.2) is 59.6 Å². The number of aryl methyl sites for hydroxylation is 1. The quantitative estimate of drug-likeness (QED) is 0.154. The van der Waals surface area contributed by atoms with E-state index < -0.39 is 11.7 Å². The van der Waals surface area contributed by atoms with E-state index in [9.17, 15) is 18.0 Å². The number of rotatable bonds is 12. The molecule has 1 aromatic heterocycles. The average Bonchev–Trinajstić information content (AvgIpc) is 2.82. The smallest absolute Gasteiger partial charge is 0.416 e. The lowest BCUT2D eigenvalue weighted by Crippen LogP contribution is -2.05. The largest absolute Gasteiger partial charge is 0.494 e. The van der Waals surface area contributed by atoms with Crippen LogP contribution in [0.3, 0.4) is 0 Å². The zero-order valence-electron chi connectivity index (χ0n) is 19.1. The third-order valence-corrected chi connectivity index (χ3v) is 6.35. The third kappa shape index (κ3) is 7.94. The maximum absolute atomic E-state index is 12.9. The minimum atomic E-state index is -4.37. The van der Waals surface area contributed by atoms with Gasteiger partial charge in [0.25, 0.3) is 0 Å². The average molecular weight is 492 g/mol. The lowest BCUT2D eigenvalue weighted by atomic mass is 10.1. The van der Waals surface area contributed by atoms with Crippen molar-refractivity contribution >= 4 is 28.6 Å². The standard InChI is InChI=1S/C26H28F3NO3S/c1-2-32-25(31)13-8-19-6-10-21(11-7-19)33-16-4-3-5-17-34-24-14-15-30-23-18-20(26(27,28)29)9-12-22(23)24/h6-7,9-12,14-15,18H,2-5,8,13,16-17H2,1H3. The number of nitrogens with zero attached hydrogens (tertiary/aromatic N) is 1. The summed E-state index contributed by atoms with van der Waals surface area (Å²) in [5.41, 5.74) is 0.747. The molecule has 3 rings (SSSR count). The van der Waals surface area contributed by atoms with E-state index in [1.165, 1.54) is 6.07 Å². The summed E-state index contributed by atoms with van der Waals surface area (Å²) in [6, 6.07) is 13.3. The summed E-state index contributed by atoms with van der Waals surface area (Å²) < 4.78 is 49.5. The zero-order valence-corrected chi connectivity index (χ0v) is 19.9. The number of pyridine rings is 1. The SMILES string of the molecule is CCOC(=O)CCc1ccc(OCCCCCSc2ccnc3cc(C(F)(F)F)ccc23)cc1.